The molecule has 0 unspecified atom stereocenters. The molecule has 0 atom stereocenters. The standard InChI is InChI=1S/C8H12ClN5O/c9-6-5-11-8(10)12-7(6)13-14-1-3-15-4-2-14/h5H,1-4H2,(H3,10,11,12,13). The molecule has 7 heteroatoms. The number of nitrogens with two attached hydrogens (primary N) is 1. The minimum atomic E-state index is 0.204. The highest BCUT2D eigenvalue weighted by Gasteiger charge is 2.12. The van der Waals surface area contributed by atoms with E-state index in [1.807, 2.05) is 5.01 Å². The van der Waals surface area contributed by atoms with Gasteiger partial charge in [-0.2, -0.15) is 4.98 Å². The van der Waals surface area contributed by atoms with Crippen molar-refractivity contribution >= 4 is 23.4 Å². The number of rotatable bonds is 2. The number of hydrazine groups is 1. The Kier molecular flexibility index (Phi) is 3.20. The second kappa shape index (κ2) is 4.61. The van der Waals surface area contributed by atoms with Crippen LogP contribution < -0.4 is 11.2 Å². The fourth-order valence-corrected chi connectivity index (χ4v) is 1.42. The predicted molar refractivity (Wildman–Crippen MR) is 57.5 cm³/mol. The van der Waals surface area contributed by atoms with Crippen LogP contribution in [0, 0.1) is 0 Å². The lowest BCUT2D eigenvalue weighted by Gasteiger charge is -2.27. The smallest absolute Gasteiger partial charge is 0.222 e. The van der Waals surface area contributed by atoms with Crippen LogP contribution in [0.5, 0.6) is 0 Å². The summed E-state index contributed by atoms with van der Waals surface area (Å²) in [6, 6.07) is 0. The van der Waals surface area contributed by atoms with Crippen molar-refractivity contribution in [3.8, 4) is 0 Å². The van der Waals surface area contributed by atoms with Crippen molar-refractivity contribution in [2.24, 2.45) is 0 Å². The largest absolute Gasteiger partial charge is 0.379 e. The van der Waals surface area contributed by atoms with Gasteiger partial charge in [0.25, 0.3) is 0 Å². The highest BCUT2D eigenvalue weighted by Crippen LogP contribution is 2.19. The molecule has 0 spiro atoms. The van der Waals surface area contributed by atoms with E-state index in [2.05, 4.69) is 15.4 Å². The first-order chi connectivity index (χ1) is 7.25. The Labute approximate surface area is 92.4 Å². The fourth-order valence-electron chi connectivity index (χ4n) is 1.28. The maximum atomic E-state index is 5.91. The molecule has 1 aromatic heterocycles. The Bertz CT molecular complexity index is 342. The molecule has 0 aliphatic carbocycles. The van der Waals surface area contributed by atoms with Crippen molar-refractivity contribution in [2.45, 2.75) is 0 Å². The van der Waals surface area contributed by atoms with Gasteiger partial charge in [-0.05, 0) is 0 Å². The van der Waals surface area contributed by atoms with Gasteiger partial charge in [0, 0.05) is 13.1 Å². The van der Waals surface area contributed by atoms with Crippen LogP contribution in [0.2, 0.25) is 5.02 Å². The van der Waals surface area contributed by atoms with Gasteiger partial charge < -0.3 is 15.9 Å². The van der Waals surface area contributed by atoms with Crippen molar-refractivity contribution in [1.82, 2.24) is 15.0 Å². The van der Waals surface area contributed by atoms with Crippen molar-refractivity contribution in [3.63, 3.8) is 0 Å². The average Bonchev–Trinajstić information content (AvgIpc) is 2.25. The van der Waals surface area contributed by atoms with E-state index in [0.717, 1.165) is 13.1 Å². The van der Waals surface area contributed by atoms with E-state index < -0.39 is 0 Å². The van der Waals surface area contributed by atoms with Gasteiger partial charge in [0.15, 0.2) is 5.82 Å². The quantitative estimate of drug-likeness (QED) is 0.763. The molecule has 6 nitrogen and oxygen atoms in total. The van der Waals surface area contributed by atoms with E-state index in [-0.39, 0.29) is 5.95 Å². The third-order valence-electron chi connectivity index (χ3n) is 2.04. The zero-order chi connectivity index (χ0) is 10.7. The highest BCUT2D eigenvalue weighted by molar-refractivity contribution is 6.32. The normalized spacial score (nSPS) is 17.7. The summed E-state index contributed by atoms with van der Waals surface area (Å²) in [5.74, 6) is 0.737. The Morgan fingerprint density at radius 1 is 1.47 bits per heavy atom. The summed E-state index contributed by atoms with van der Waals surface area (Å²) in [6.45, 7) is 2.98. The molecule has 3 N–H and O–H groups in total. The first-order valence-corrected chi connectivity index (χ1v) is 5.01. The van der Waals surface area contributed by atoms with E-state index >= 15 is 0 Å². The summed E-state index contributed by atoms with van der Waals surface area (Å²) >= 11 is 5.91. The Hall–Kier alpha value is -1.11. The van der Waals surface area contributed by atoms with Crippen LogP contribution in [-0.2, 0) is 4.74 Å². The molecule has 1 aromatic rings. The summed E-state index contributed by atoms with van der Waals surface area (Å²) in [5, 5.41) is 2.44. The fraction of sp³-hybridized carbons (Fsp3) is 0.500. The zero-order valence-corrected chi connectivity index (χ0v) is 8.87. The van der Waals surface area contributed by atoms with Gasteiger partial charge in [-0.25, -0.2) is 9.99 Å². The van der Waals surface area contributed by atoms with Gasteiger partial charge >= 0.3 is 0 Å². The molecule has 0 radical (unpaired) electrons. The van der Waals surface area contributed by atoms with E-state index in [0.29, 0.717) is 24.1 Å². The van der Waals surface area contributed by atoms with Crippen LogP contribution in [0.15, 0.2) is 6.20 Å². The monoisotopic (exact) mass is 229 g/mol. The maximum Gasteiger partial charge on any atom is 0.222 e. The summed E-state index contributed by atoms with van der Waals surface area (Å²) in [4.78, 5) is 7.79. The molecule has 0 saturated carbocycles. The van der Waals surface area contributed by atoms with Crippen molar-refractivity contribution in [2.75, 3.05) is 37.5 Å². The summed E-state index contributed by atoms with van der Waals surface area (Å²) < 4.78 is 5.22. The Morgan fingerprint density at radius 2 is 2.20 bits per heavy atom. The van der Waals surface area contributed by atoms with E-state index in [1.165, 1.54) is 6.20 Å². The first-order valence-electron chi connectivity index (χ1n) is 4.63. The molecule has 0 aromatic carbocycles. The average molecular weight is 230 g/mol. The molecule has 0 amide bonds. The molecular weight excluding hydrogens is 218 g/mol. The van der Waals surface area contributed by atoms with Gasteiger partial charge in [0.2, 0.25) is 5.95 Å². The third-order valence-corrected chi connectivity index (χ3v) is 2.31. The van der Waals surface area contributed by atoms with Gasteiger partial charge in [-0.1, -0.05) is 11.6 Å². The van der Waals surface area contributed by atoms with Crippen LogP contribution in [0.25, 0.3) is 0 Å². The molecule has 1 fully saturated rings. The van der Waals surface area contributed by atoms with Crippen LogP contribution in [0.3, 0.4) is 0 Å². The number of nitrogens with zero attached hydrogens (tertiary/aromatic N) is 3. The molecular formula is C8H12ClN5O. The van der Waals surface area contributed by atoms with Crippen LogP contribution in [0.1, 0.15) is 0 Å². The van der Waals surface area contributed by atoms with E-state index in [1.54, 1.807) is 0 Å². The van der Waals surface area contributed by atoms with Gasteiger partial charge in [-0.3, -0.25) is 0 Å². The predicted octanol–water partition coefficient (Wildman–Crippen LogP) is 0.371. The molecule has 0 bridgehead atoms. The number of nitrogen functional groups attached to an aromatic ring is 1. The van der Waals surface area contributed by atoms with Crippen molar-refractivity contribution < 1.29 is 4.74 Å². The number of halogens is 1. The zero-order valence-electron chi connectivity index (χ0n) is 8.11. The molecule has 15 heavy (non-hydrogen) atoms. The summed E-state index contributed by atoms with van der Waals surface area (Å²) in [7, 11) is 0. The third kappa shape index (κ3) is 2.68. The van der Waals surface area contributed by atoms with Gasteiger partial charge in [0.05, 0.1) is 19.4 Å². The summed E-state index contributed by atoms with van der Waals surface area (Å²) in [5.41, 5.74) is 8.55. The molecule has 2 heterocycles. The maximum absolute atomic E-state index is 5.91. The molecule has 1 aliphatic heterocycles. The minimum Gasteiger partial charge on any atom is -0.379 e. The van der Waals surface area contributed by atoms with E-state index in [9.17, 15) is 0 Å². The number of ether oxygens (including phenoxy) is 1. The lowest BCUT2D eigenvalue weighted by Crippen LogP contribution is -2.40. The lowest BCUT2D eigenvalue weighted by molar-refractivity contribution is 0.0495. The van der Waals surface area contributed by atoms with Crippen LogP contribution in [0.4, 0.5) is 11.8 Å². The first kappa shape index (κ1) is 10.4. The second-order valence-corrected chi connectivity index (χ2v) is 3.54. The minimum absolute atomic E-state index is 0.204. The van der Waals surface area contributed by atoms with Gasteiger partial charge in [-0.15, -0.1) is 0 Å². The van der Waals surface area contributed by atoms with Crippen molar-refractivity contribution in [1.29, 1.82) is 0 Å². The molecule has 82 valence electrons. The number of nitrogens with one attached hydrogen (secondary N) is 1. The Morgan fingerprint density at radius 3 is 2.93 bits per heavy atom. The van der Waals surface area contributed by atoms with Crippen molar-refractivity contribution in [3.05, 3.63) is 11.2 Å². The Balaban J connectivity index is 2.05. The number of anilines is 2. The summed E-state index contributed by atoms with van der Waals surface area (Å²) in [6.07, 6.45) is 1.48. The molecule has 1 aliphatic rings. The number of hydrogen-bond donors (Lipinski definition) is 2. The number of hydrogen-bond acceptors (Lipinski definition) is 6. The SMILES string of the molecule is Nc1ncc(Cl)c(NN2CCOCC2)n1. The lowest BCUT2D eigenvalue weighted by atomic mass is 10.5. The molecule has 1 saturated heterocycles. The topological polar surface area (TPSA) is 76.3 Å². The highest BCUT2D eigenvalue weighted by atomic mass is 35.5. The van der Waals surface area contributed by atoms with Crippen LogP contribution >= 0.6 is 11.6 Å². The van der Waals surface area contributed by atoms with Crippen LogP contribution in [-0.4, -0.2) is 41.3 Å². The number of aromatic nitrogens is 2. The van der Waals surface area contributed by atoms with Gasteiger partial charge in [0.1, 0.15) is 5.02 Å². The van der Waals surface area contributed by atoms with E-state index in [4.69, 9.17) is 22.1 Å². The molecule has 2 rings (SSSR count). The second-order valence-electron chi connectivity index (χ2n) is 3.14. The number of morpholine rings is 1.